The Morgan fingerprint density at radius 2 is 1.61 bits per heavy atom. The number of rotatable bonds is 11. The Balaban J connectivity index is 1.65. The van der Waals surface area contributed by atoms with E-state index in [0.29, 0.717) is 24.8 Å². The molecule has 1 amide bonds. The predicted molar refractivity (Wildman–Crippen MR) is 145 cm³/mol. The molecule has 0 spiro atoms. The molecule has 1 aliphatic rings. The highest BCUT2D eigenvalue weighted by Gasteiger charge is 2.44. The summed E-state index contributed by atoms with van der Waals surface area (Å²) in [5.74, 6) is -0.236. The maximum atomic E-state index is 12.1. The first-order valence-corrected chi connectivity index (χ1v) is 13.7. The minimum absolute atomic E-state index is 0.0132. The first-order chi connectivity index (χ1) is 18.0. The normalized spacial score (nSPS) is 23.8. The van der Waals surface area contributed by atoms with Crippen molar-refractivity contribution >= 4 is 17.7 Å². The molecule has 38 heavy (non-hydrogen) atoms. The van der Waals surface area contributed by atoms with Gasteiger partial charge in [-0.25, -0.2) is 0 Å². The molecule has 0 bridgehead atoms. The van der Waals surface area contributed by atoms with Crippen molar-refractivity contribution in [2.45, 2.75) is 73.9 Å². The van der Waals surface area contributed by atoms with Crippen molar-refractivity contribution in [1.82, 2.24) is 5.32 Å². The van der Waals surface area contributed by atoms with Crippen LogP contribution in [0.25, 0.3) is 0 Å². The molecule has 3 rings (SSSR count). The zero-order valence-corrected chi connectivity index (χ0v) is 22.6. The van der Waals surface area contributed by atoms with Gasteiger partial charge in [-0.05, 0) is 61.4 Å². The third-order valence-electron chi connectivity index (χ3n) is 7.11. The average Bonchev–Trinajstić information content (AvgIpc) is 2.90. The summed E-state index contributed by atoms with van der Waals surface area (Å²) in [7, 11) is 0. The van der Waals surface area contributed by atoms with E-state index in [9.17, 15) is 40.5 Å². The van der Waals surface area contributed by atoms with Crippen molar-refractivity contribution in [3.8, 4) is 5.75 Å². The molecule has 1 fully saturated rings. The Morgan fingerprint density at radius 3 is 2.21 bits per heavy atom. The molecule has 1 heterocycles. The number of hydrogen-bond acceptors (Lipinski definition) is 9. The summed E-state index contributed by atoms with van der Waals surface area (Å²) in [5, 5.41) is 71.1. The van der Waals surface area contributed by atoms with E-state index in [1.807, 2.05) is 37.3 Å². The molecule has 0 aromatic heterocycles. The van der Waals surface area contributed by atoms with Gasteiger partial charge in [0.05, 0.1) is 48.1 Å². The zero-order chi connectivity index (χ0) is 28.0. The van der Waals surface area contributed by atoms with Crippen LogP contribution in [0.4, 0.5) is 0 Å². The Hall–Kier alpha value is -2.18. The minimum Gasteiger partial charge on any atom is -0.508 e. The third-order valence-corrected chi connectivity index (χ3v) is 8.71. The number of phenols is 1. The van der Waals surface area contributed by atoms with Crippen molar-refractivity contribution in [1.29, 1.82) is 0 Å². The Bertz CT molecular complexity index is 1070. The lowest BCUT2D eigenvalue weighted by atomic mass is 9.92. The first kappa shape index (κ1) is 30.4. The summed E-state index contributed by atoms with van der Waals surface area (Å²) in [6.45, 7) is 2.42. The Kier molecular flexibility index (Phi) is 10.6. The summed E-state index contributed by atoms with van der Waals surface area (Å²) in [6, 6.07) is 11.4. The molecule has 5 atom stereocenters. The number of aromatic hydroxyl groups is 1. The van der Waals surface area contributed by atoms with E-state index in [4.69, 9.17) is 0 Å². The molecule has 1 unspecified atom stereocenters. The molecule has 0 aliphatic carbocycles. The van der Waals surface area contributed by atoms with Crippen molar-refractivity contribution < 1.29 is 40.5 Å². The lowest BCUT2D eigenvalue weighted by molar-refractivity contribution is -0.124. The fourth-order valence-corrected chi connectivity index (χ4v) is 6.00. The highest BCUT2D eigenvalue weighted by atomic mass is 32.2. The Labute approximate surface area is 227 Å². The lowest BCUT2D eigenvalue weighted by Crippen LogP contribution is -2.51. The quantitative estimate of drug-likeness (QED) is 0.201. The number of thioether (sulfide) groups is 1. The van der Waals surface area contributed by atoms with Crippen LogP contribution in [0.1, 0.15) is 52.8 Å². The summed E-state index contributed by atoms with van der Waals surface area (Å²) in [6.07, 6.45) is -1.84. The number of aliphatic hydroxyl groups excluding tert-OH is 6. The highest BCUT2D eigenvalue weighted by molar-refractivity contribution is 8.00. The molecular formula is C28H39NO8S. The number of amides is 1. The van der Waals surface area contributed by atoms with Crippen LogP contribution in [0.3, 0.4) is 0 Å². The summed E-state index contributed by atoms with van der Waals surface area (Å²) in [5.41, 5.74) is 3.33. The maximum absolute atomic E-state index is 12.1. The number of aryl methyl sites for hydroxylation is 2. The second-order valence-corrected chi connectivity index (χ2v) is 11.7. The van der Waals surface area contributed by atoms with Gasteiger partial charge in [-0.1, -0.05) is 30.3 Å². The van der Waals surface area contributed by atoms with E-state index >= 15 is 0 Å². The van der Waals surface area contributed by atoms with Gasteiger partial charge in [0.1, 0.15) is 11.9 Å². The zero-order valence-electron chi connectivity index (χ0n) is 21.7. The van der Waals surface area contributed by atoms with Crippen LogP contribution in [0, 0.1) is 6.92 Å². The molecule has 2 aromatic carbocycles. The molecule has 210 valence electrons. The molecule has 9 nitrogen and oxygen atoms in total. The van der Waals surface area contributed by atoms with Gasteiger partial charge in [-0.2, -0.15) is 0 Å². The minimum atomic E-state index is -1.44. The number of phenolic OH excluding ortho intramolecular Hbond substituents is 1. The SMILES string of the molecule is Cc1cc(O)c([C@@H]2S[C@H](CO)[C@@H](O)C(O)[C@H]2O)cc1Cc1ccc(CCCC(=O)NC(C)(CO)CO)cc1. The number of aliphatic hydroxyl groups is 6. The van der Waals surface area contributed by atoms with Crippen LogP contribution in [-0.2, 0) is 17.6 Å². The van der Waals surface area contributed by atoms with E-state index in [0.717, 1.165) is 34.0 Å². The van der Waals surface area contributed by atoms with Crippen LogP contribution in [0.15, 0.2) is 36.4 Å². The van der Waals surface area contributed by atoms with E-state index < -0.39 is 34.4 Å². The van der Waals surface area contributed by atoms with Crippen LogP contribution in [-0.4, -0.2) is 90.6 Å². The van der Waals surface area contributed by atoms with Crippen LogP contribution < -0.4 is 5.32 Å². The molecule has 0 saturated carbocycles. The largest absolute Gasteiger partial charge is 0.508 e. The molecule has 8 N–H and O–H groups in total. The summed E-state index contributed by atoms with van der Waals surface area (Å²) >= 11 is 1.13. The monoisotopic (exact) mass is 549 g/mol. The van der Waals surface area contributed by atoms with Crippen LogP contribution >= 0.6 is 11.8 Å². The maximum Gasteiger partial charge on any atom is 0.220 e. The van der Waals surface area contributed by atoms with E-state index in [1.54, 1.807) is 13.0 Å². The van der Waals surface area contributed by atoms with Crippen LogP contribution in [0.2, 0.25) is 0 Å². The smallest absolute Gasteiger partial charge is 0.220 e. The second kappa shape index (κ2) is 13.3. The number of nitrogens with one attached hydrogen (secondary N) is 1. The van der Waals surface area contributed by atoms with Crippen molar-refractivity contribution in [3.63, 3.8) is 0 Å². The van der Waals surface area contributed by atoms with E-state index in [1.165, 1.54) is 0 Å². The van der Waals surface area contributed by atoms with Gasteiger partial charge in [-0.3, -0.25) is 4.79 Å². The number of benzene rings is 2. The number of carbonyl (C=O) groups excluding carboxylic acids is 1. The standard InChI is InChI=1S/C28H39NO8S/c1-16-10-21(33)20(27-26(37)25(36)24(35)22(13-30)38-27)12-19(16)11-18-8-6-17(7-9-18)4-3-5-23(34)29-28(2,14-31)15-32/h6-10,12,22,24-27,30-33,35-37H,3-5,11,13-15H2,1-2H3,(H,29,34)/t22-,24-,25?,26-,27+/m1/s1. The van der Waals surface area contributed by atoms with Crippen molar-refractivity contribution in [2.24, 2.45) is 0 Å². The van der Waals surface area contributed by atoms with E-state index in [2.05, 4.69) is 5.32 Å². The van der Waals surface area contributed by atoms with Gasteiger partial charge < -0.3 is 41.1 Å². The average molecular weight is 550 g/mol. The number of hydrogen-bond donors (Lipinski definition) is 8. The molecule has 1 saturated heterocycles. The van der Waals surface area contributed by atoms with Gasteiger partial charge in [0.15, 0.2) is 0 Å². The highest BCUT2D eigenvalue weighted by Crippen LogP contribution is 2.46. The van der Waals surface area contributed by atoms with Gasteiger partial charge >= 0.3 is 0 Å². The van der Waals surface area contributed by atoms with Gasteiger partial charge in [0, 0.05) is 12.0 Å². The third kappa shape index (κ3) is 7.26. The fourth-order valence-electron chi connectivity index (χ4n) is 4.56. The molecule has 2 aromatic rings. The lowest BCUT2D eigenvalue weighted by Gasteiger charge is -2.40. The predicted octanol–water partition coefficient (Wildman–Crippen LogP) is 0.705. The van der Waals surface area contributed by atoms with Crippen molar-refractivity contribution in [2.75, 3.05) is 19.8 Å². The molecule has 0 radical (unpaired) electrons. The van der Waals surface area contributed by atoms with Crippen molar-refractivity contribution in [3.05, 3.63) is 64.2 Å². The Morgan fingerprint density at radius 1 is 0.974 bits per heavy atom. The molecular weight excluding hydrogens is 510 g/mol. The van der Waals surface area contributed by atoms with Gasteiger partial charge in [-0.15, -0.1) is 11.8 Å². The van der Waals surface area contributed by atoms with Gasteiger partial charge in [0.2, 0.25) is 5.91 Å². The second-order valence-electron chi connectivity index (χ2n) is 10.4. The van der Waals surface area contributed by atoms with E-state index in [-0.39, 0.29) is 37.9 Å². The first-order valence-electron chi connectivity index (χ1n) is 12.8. The van der Waals surface area contributed by atoms with Gasteiger partial charge in [0.25, 0.3) is 0 Å². The number of carbonyl (C=O) groups is 1. The van der Waals surface area contributed by atoms with Crippen LogP contribution in [0.5, 0.6) is 5.75 Å². The summed E-state index contributed by atoms with van der Waals surface area (Å²) < 4.78 is 0. The molecule has 10 heteroatoms. The topological polar surface area (TPSA) is 171 Å². The summed E-state index contributed by atoms with van der Waals surface area (Å²) in [4.78, 5) is 12.1. The molecule has 1 aliphatic heterocycles. The fraction of sp³-hybridized carbons (Fsp3) is 0.536.